The zero-order valence-electron chi connectivity index (χ0n) is 6.05. The Kier molecular flexibility index (Phi) is 8.14. The van der Waals surface area contributed by atoms with Gasteiger partial charge in [-0.1, -0.05) is 26.7 Å². The van der Waals surface area contributed by atoms with Crippen molar-refractivity contribution in [1.82, 2.24) is 0 Å². The van der Waals surface area contributed by atoms with Gasteiger partial charge >= 0.3 is 5.97 Å². The number of carboxylic acids is 1. The molecule has 0 aromatic heterocycles. The molecule has 0 aliphatic carbocycles. The van der Waals surface area contributed by atoms with Crippen molar-refractivity contribution in [2.75, 3.05) is 0 Å². The van der Waals surface area contributed by atoms with E-state index in [2.05, 4.69) is 6.92 Å². The highest BCUT2D eigenvalue weighted by Crippen LogP contribution is 2.06. The van der Waals surface area contributed by atoms with E-state index >= 15 is 0 Å². The second-order valence-corrected chi connectivity index (χ2v) is 2.38. The topological polar surface area (TPSA) is 37.3 Å². The molecule has 0 saturated heterocycles. The van der Waals surface area contributed by atoms with Gasteiger partial charge in [0, 0.05) is 0 Å². The SMILES string of the molecule is B.CCCCC(C)C(=O)O. The number of rotatable bonds is 4. The molecule has 0 aliphatic rings. The normalized spacial score (nSPS) is 11.8. The highest BCUT2D eigenvalue weighted by Gasteiger charge is 2.08. The van der Waals surface area contributed by atoms with Crippen molar-refractivity contribution in [2.24, 2.45) is 5.92 Å². The minimum Gasteiger partial charge on any atom is -0.481 e. The molecule has 0 aliphatic heterocycles. The van der Waals surface area contributed by atoms with Gasteiger partial charge in [0.15, 0.2) is 0 Å². The van der Waals surface area contributed by atoms with E-state index in [-0.39, 0.29) is 14.3 Å². The lowest BCUT2D eigenvalue weighted by molar-refractivity contribution is -0.141. The second kappa shape index (κ2) is 6.65. The third-order valence-corrected chi connectivity index (χ3v) is 1.41. The van der Waals surface area contributed by atoms with Gasteiger partial charge < -0.3 is 5.11 Å². The molecule has 0 radical (unpaired) electrons. The van der Waals surface area contributed by atoms with Crippen molar-refractivity contribution >= 4 is 14.4 Å². The molecule has 0 fully saturated rings. The molecule has 0 heterocycles. The van der Waals surface area contributed by atoms with Crippen LogP contribution in [0.1, 0.15) is 33.1 Å². The van der Waals surface area contributed by atoms with Gasteiger partial charge in [-0.05, 0) is 6.42 Å². The van der Waals surface area contributed by atoms with Crippen LogP contribution in [0.25, 0.3) is 0 Å². The predicted molar refractivity (Wildman–Crippen MR) is 46.3 cm³/mol. The smallest absolute Gasteiger partial charge is 0.306 e. The molecule has 0 aromatic rings. The number of hydrogen-bond donors (Lipinski definition) is 1. The zero-order valence-corrected chi connectivity index (χ0v) is 6.05. The molecule has 0 bridgehead atoms. The Bertz CT molecular complexity index is 93.6. The Morgan fingerprint density at radius 2 is 2.10 bits per heavy atom. The molecular weight excluding hydrogens is 127 g/mol. The summed E-state index contributed by atoms with van der Waals surface area (Å²) >= 11 is 0. The average molecular weight is 144 g/mol. The van der Waals surface area contributed by atoms with Gasteiger partial charge in [0.05, 0.1) is 14.3 Å². The van der Waals surface area contributed by atoms with Crippen LogP contribution >= 0.6 is 0 Å². The van der Waals surface area contributed by atoms with Crippen LogP contribution < -0.4 is 0 Å². The first-order valence-corrected chi connectivity index (χ1v) is 3.41. The van der Waals surface area contributed by atoms with Crippen molar-refractivity contribution in [1.29, 1.82) is 0 Å². The number of carboxylic acid groups (broad SMARTS) is 1. The summed E-state index contributed by atoms with van der Waals surface area (Å²) in [7, 11) is 0. The summed E-state index contributed by atoms with van der Waals surface area (Å²) in [6.07, 6.45) is 2.91. The summed E-state index contributed by atoms with van der Waals surface area (Å²) in [4.78, 5) is 10.2. The first-order chi connectivity index (χ1) is 4.18. The molecular formula is C7H17BO2. The second-order valence-electron chi connectivity index (χ2n) is 2.38. The molecule has 1 atom stereocenters. The van der Waals surface area contributed by atoms with E-state index in [1.54, 1.807) is 6.92 Å². The van der Waals surface area contributed by atoms with Gasteiger partial charge in [0.25, 0.3) is 0 Å². The maximum atomic E-state index is 10.2. The minimum absolute atomic E-state index is 0. The third-order valence-electron chi connectivity index (χ3n) is 1.41. The molecule has 0 spiro atoms. The number of hydrogen-bond acceptors (Lipinski definition) is 1. The first kappa shape index (κ1) is 12.2. The van der Waals surface area contributed by atoms with Gasteiger partial charge in [-0.2, -0.15) is 0 Å². The van der Waals surface area contributed by atoms with Crippen LogP contribution in [0, 0.1) is 5.92 Å². The van der Waals surface area contributed by atoms with E-state index in [4.69, 9.17) is 5.11 Å². The fourth-order valence-corrected chi connectivity index (χ4v) is 0.634. The first-order valence-electron chi connectivity index (χ1n) is 3.41. The number of aliphatic carboxylic acids is 1. The van der Waals surface area contributed by atoms with Crippen molar-refractivity contribution in [2.45, 2.75) is 33.1 Å². The molecule has 0 rings (SSSR count). The predicted octanol–water partition coefficient (Wildman–Crippen LogP) is 0.713. The van der Waals surface area contributed by atoms with Crippen LogP contribution in [0.4, 0.5) is 0 Å². The fourth-order valence-electron chi connectivity index (χ4n) is 0.634. The van der Waals surface area contributed by atoms with Gasteiger partial charge in [0.1, 0.15) is 0 Å². The van der Waals surface area contributed by atoms with Crippen LogP contribution in [0.5, 0.6) is 0 Å². The maximum Gasteiger partial charge on any atom is 0.306 e. The lowest BCUT2D eigenvalue weighted by Gasteiger charge is -2.02. The molecule has 0 amide bonds. The Morgan fingerprint density at radius 3 is 2.40 bits per heavy atom. The van der Waals surface area contributed by atoms with E-state index in [0.717, 1.165) is 19.3 Å². The van der Waals surface area contributed by atoms with Gasteiger partial charge in [-0.3, -0.25) is 4.79 Å². The molecule has 2 nitrogen and oxygen atoms in total. The molecule has 0 saturated carbocycles. The van der Waals surface area contributed by atoms with Gasteiger partial charge in [-0.25, -0.2) is 0 Å². The Balaban J connectivity index is 0. The summed E-state index contributed by atoms with van der Waals surface area (Å²) in [6.45, 7) is 3.81. The van der Waals surface area contributed by atoms with Gasteiger partial charge in [-0.15, -0.1) is 0 Å². The Labute approximate surface area is 64.2 Å². The number of carbonyl (C=O) groups is 1. The van der Waals surface area contributed by atoms with Crippen LogP contribution in [0.3, 0.4) is 0 Å². The quantitative estimate of drug-likeness (QED) is 0.590. The summed E-state index contributed by atoms with van der Waals surface area (Å²) in [6, 6.07) is 0. The molecule has 3 heteroatoms. The minimum atomic E-state index is -0.677. The van der Waals surface area contributed by atoms with E-state index in [1.165, 1.54) is 0 Å². The summed E-state index contributed by atoms with van der Waals surface area (Å²) in [5.74, 6) is -0.839. The molecule has 1 unspecified atom stereocenters. The van der Waals surface area contributed by atoms with Crippen LogP contribution in [-0.4, -0.2) is 19.5 Å². The van der Waals surface area contributed by atoms with Crippen LogP contribution in [0.15, 0.2) is 0 Å². The standard InChI is InChI=1S/C7H14O2.BH3/c1-3-4-5-6(2)7(8)9;/h6H,3-5H2,1-2H3,(H,8,9);1H3. The van der Waals surface area contributed by atoms with Gasteiger partial charge in [0.2, 0.25) is 0 Å². The van der Waals surface area contributed by atoms with E-state index in [9.17, 15) is 4.79 Å². The van der Waals surface area contributed by atoms with E-state index < -0.39 is 5.97 Å². The maximum absolute atomic E-state index is 10.2. The van der Waals surface area contributed by atoms with Crippen molar-refractivity contribution < 1.29 is 9.90 Å². The molecule has 10 heavy (non-hydrogen) atoms. The summed E-state index contributed by atoms with van der Waals surface area (Å²) < 4.78 is 0. The Morgan fingerprint density at radius 1 is 1.60 bits per heavy atom. The Hall–Kier alpha value is -0.465. The van der Waals surface area contributed by atoms with Crippen molar-refractivity contribution in [3.05, 3.63) is 0 Å². The highest BCUT2D eigenvalue weighted by molar-refractivity contribution is 5.75. The zero-order chi connectivity index (χ0) is 7.28. The summed E-state index contributed by atoms with van der Waals surface area (Å²) in [5.41, 5.74) is 0. The van der Waals surface area contributed by atoms with Crippen molar-refractivity contribution in [3.63, 3.8) is 0 Å². The van der Waals surface area contributed by atoms with Crippen molar-refractivity contribution in [3.8, 4) is 0 Å². The highest BCUT2D eigenvalue weighted by atomic mass is 16.4. The lowest BCUT2D eigenvalue weighted by Crippen LogP contribution is -2.08. The molecule has 60 valence electrons. The monoisotopic (exact) mass is 144 g/mol. The van der Waals surface area contributed by atoms with Crippen LogP contribution in [-0.2, 0) is 4.79 Å². The van der Waals surface area contributed by atoms with Crippen LogP contribution in [0.2, 0.25) is 0 Å². The van der Waals surface area contributed by atoms with E-state index in [0.29, 0.717) is 0 Å². The third kappa shape index (κ3) is 5.67. The molecule has 1 N–H and O–H groups in total. The summed E-state index contributed by atoms with van der Waals surface area (Å²) in [5, 5.41) is 8.41. The number of unbranched alkanes of at least 4 members (excludes halogenated alkanes) is 1. The van der Waals surface area contributed by atoms with E-state index in [1.807, 2.05) is 0 Å². The fraction of sp³-hybridized carbons (Fsp3) is 0.857. The molecule has 0 aromatic carbocycles. The largest absolute Gasteiger partial charge is 0.481 e. The lowest BCUT2D eigenvalue weighted by atomic mass is 10.1. The average Bonchev–Trinajstić information content (AvgIpc) is 1.82.